The predicted molar refractivity (Wildman–Crippen MR) is 153 cm³/mol. The Morgan fingerprint density at radius 1 is 1.07 bits per heavy atom. The van der Waals surface area contributed by atoms with Gasteiger partial charge in [0.25, 0.3) is 5.91 Å². The van der Waals surface area contributed by atoms with E-state index in [9.17, 15) is 18.4 Å². The fourth-order valence-electron chi connectivity index (χ4n) is 8.99. The number of carbonyl (C=O) groups excluding carboxylic acids is 2. The molecule has 4 atom stereocenters. The quantitative estimate of drug-likeness (QED) is 0.509. The molecule has 234 valence electrons. The minimum Gasteiger partial charge on any atom is -0.461 e. The lowest BCUT2D eigenvalue weighted by Crippen LogP contribution is -2.59. The lowest BCUT2D eigenvalue weighted by Gasteiger charge is -2.46. The van der Waals surface area contributed by atoms with E-state index >= 15 is 4.39 Å². The molecule has 1 aliphatic carbocycles. The van der Waals surface area contributed by atoms with Crippen LogP contribution in [0.2, 0.25) is 0 Å². The number of amides is 3. The predicted octanol–water partition coefficient (Wildman–Crippen LogP) is 2.72. The van der Waals surface area contributed by atoms with Crippen LogP contribution in [-0.2, 0) is 29.7 Å². The van der Waals surface area contributed by atoms with E-state index in [4.69, 9.17) is 14.7 Å². The summed E-state index contributed by atoms with van der Waals surface area (Å²) < 4.78 is 51.1. The first-order valence-corrected chi connectivity index (χ1v) is 15.6. The van der Waals surface area contributed by atoms with Gasteiger partial charge >= 0.3 is 12.0 Å². The Morgan fingerprint density at radius 2 is 1.89 bits per heavy atom. The number of ether oxygens (including phenoxy) is 1. The second-order valence-electron chi connectivity index (χ2n) is 13.6. The average molecular weight is 612 g/mol. The summed E-state index contributed by atoms with van der Waals surface area (Å²) >= 11 is 0. The molecular formula is C31H36F3N7O3. The van der Waals surface area contributed by atoms with Crippen molar-refractivity contribution in [3.63, 3.8) is 0 Å². The number of nitrogens with one attached hydrogen (secondary N) is 2. The number of piperidine rings is 1. The van der Waals surface area contributed by atoms with E-state index in [0.717, 1.165) is 24.9 Å². The summed E-state index contributed by atoms with van der Waals surface area (Å²) in [6, 6.07) is 2.03. The number of urea groups is 1. The molecule has 5 aliphatic heterocycles. The summed E-state index contributed by atoms with van der Waals surface area (Å²) in [5.74, 6) is -0.579. The average Bonchev–Trinajstić information content (AvgIpc) is 3.71. The van der Waals surface area contributed by atoms with Crippen LogP contribution in [0.1, 0.15) is 60.9 Å². The smallest absolute Gasteiger partial charge is 0.322 e. The van der Waals surface area contributed by atoms with Crippen LogP contribution in [0.3, 0.4) is 0 Å². The Hall–Kier alpha value is -3.45. The Kier molecular flexibility index (Phi) is 6.23. The zero-order valence-corrected chi connectivity index (χ0v) is 24.7. The molecule has 4 fully saturated rings. The van der Waals surface area contributed by atoms with Gasteiger partial charge in [0.15, 0.2) is 0 Å². The lowest BCUT2D eigenvalue weighted by atomic mass is 9.80. The Bertz CT molecular complexity index is 1580. The number of imide groups is 1. The number of anilines is 1. The molecule has 2 N–H and O–H groups in total. The SMILES string of the molecule is CN1Cc2c(nc(OC[C@@]34CCCN3CC(F)C4)nc2N2CCC[C@]3(C2)NC(=O)NC3=O)C[C@]12CCc1c(F)ccc(F)c12. The zero-order chi connectivity index (χ0) is 30.4. The van der Waals surface area contributed by atoms with Crippen LogP contribution in [0.4, 0.5) is 23.8 Å². The first-order valence-electron chi connectivity index (χ1n) is 15.6. The van der Waals surface area contributed by atoms with Gasteiger partial charge in [-0.15, -0.1) is 0 Å². The second kappa shape index (κ2) is 9.77. The number of hydrogen-bond acceptors (Lipinski definition) is 8. The lowest BCUT2D eigenvalue weighted by molar-refractivity contribution is -0.124. The molecule has 1 unspecified atom stereocenters. The highest BCUT2D eigenvalue weighted by Crippen LogP contribution is 2.50. The fraction of sp³-hybridized carbons (Fsp3) is 0.613. The van der Waals surface area contributed by atoms with Gasteiger partial charge in [0.05, 0.1) is 23.3 Å². The second-order valence-corrected chi connectivity index (χ2v) is 13.6. The van der Waals surface area contributed by atoms with E-state index in [2.05, 4.69) is 20.4 Å². The topological polar surface area (TPSA) is 103 Å². The number of fused-ring (bicyclic) bond motifs is 4. The molecule has 0 bridgehead atoms. The molecule has 2 spiro atoms. The van der Waals surface area contributed by atoms with Crippen LogP contribution in [0.5, 0.6) is 6.01 Å². The number of carbonyl (C=O) groups is 2. The molecule has 4 saturated heterocycles. The number of nitrogens with zero attached hydrogens (tertiary/aromatic N) is 5. The highest BCUT2D eigenvalue weighted by Gasteiger charge is 2.53. The van der Waals surface area contributed by atoms with Gasteiger partial charge in [-0.25, -0.2) is 18.0 Å². The first-order chi connectivity index (χ1) is 21.1. The van der Waals surface area contributed by atoms with E-state index in [1.165, 1.54) is 12.1 Å². The minimum absolute atomic E-state index is 0.152. The number of benzene rings is 1. The van der Waals surface area contributed by atoms with Gasteiger partial charge in [0, 0.05) is 43.6 Å². The van der Waals surface area contributed by atoms with Crippen molar-refractivity contribution in [2.45, 2.75) is 80.7 Å². The van der Waals surface area contributed by atoms with Crippen LogP contribution in [0.15, 0.2) is 12.1 Å². The number of likely N-dealkylation sites (N-methyl/N-ethyl adjacent to an activating group) is 1. The molecule has 6 aliphatic rings. The summed E-state index contributed by atoms with van der Waals surface area (Å²) in [5, 5.41) is 5.21. The third-order valence-corrected chi connectivity index (χ3v) is 11.1. The molecule has 6 heterocycles. The normalized spacial score (nSPS) is 33.1. The maximum atomic E-state index is 15.4. The molecule has 1 aromatic carbocycles. The third-order valence-electron chi connectivity index (χ3n) is 11.1. The summed E-state index contributed by atoms with van der Waals surface area (Å²) in [4.78, 5) is 41.0. The molecular weight excluding hydrogens is 575 g/mol. The highest BCUT2D eigenvalue weighted by atomic mass is 19.1. The van der Waals surface area contributed by atoms with Crippen LogP contribution in [0, 0.1) is 11.6 Å². The summed E-state index contributed by atoms with van der Waals surface area (Å²) in [6.45, 7) is 2.70. The number of hydrogen-bond donors (Lipinski definition) is 2. The van der Waals surface area contributed by atoms with Crippen molar-refractivity contribution in [1.82, 2.24) is 30.4 Å². The molecule has 0 saturated carbocycles. The monoisotopic (exact) mass is 611 g/mol. The summed E-state index contributed by atoms with van der Waals surface area (Å²) in [5.41, 5.74) is 0.0769. The molecule has 1 aromatic heterocycles. The molecule has 2 aromatic rings. The standard InChI is InChI=1S/C31H36F3N7O3/c1-39-15-20-23(13-31(39)9-6-19-21(33)4-5-22(34)24(19)31)35-28(44-17-29-7-2-11-41(29)14-18(32)12-29)36-25(20)40-10-3-8-30(16-40)26(42)37-27(43)38-30/h4-5,18H,2-3,6-17H2,1H3,(H2,37,38,42,43)/t18?,29-,30+,31-/m0/s1. The highest BCUT2D eigenvalue weighted by molar-refractivity contribution is 6.07. The van der Waals surface area contributed by atoms with E-state index in [1.807, 2.05) is 11.9 Å². The van der Waals surface area contributed by atoms with Crippen molar-refractivity contribution in [3.8, 4) is 6.01 Å². The van der Waals surface area contributed by atoms with Crippen molar-refractivity contribution in [2.24, 2.45) is 0 Å². The van der Waals surface area contributed by atoms with Crippen molar-refractivity contribution in [2.75, 3.05) is 44.7 Å². The van der Waals surface area contributed by atoms with E-state index in [0.29, 0.717) is 80.8 Å². The van der Waals surface area contributed by atoms with Crippen LogP contribution in [-0.4, -0.2) is 88.8 Å². The van der Waals surface area contributed by atoms with Crippen molar-refractivity contribution in [3.05, 3.63) is 46.2 Å². The minimum atomic E-state index is -1.07. The van der Waals surface area contributed by atoms with Crippen molar-refractivity contribution in [1.29, 1.82) is 0 Å². The summed E-state index contributed by atoms with van der Waals surface area (Å²) in [7, 11) is 1.92. The fourth-order valence-corrected chi connectivity index (χ4v) is 8.99. The first kappa shape index (κ1) is 28.1. The van der Waals surface area contributed by atoms with Gasteiger partial charge in [-0.2, -0.15) is 9.97 Å². The maximum Gasteiger partial charge on any atom is 0.322 e. The van der Waals surface area contributed by atoms with E-state index in [1.54, 1.807) is 0 Å². The largest absolute Gasteiger partial charge is 0.461 e. The third kappa shape index (κ3) is 4.07. The Morgan fingerprint density at radius 3 is 2.70 bits per heavy atom. The molecule has 0 radical (unpaired) electrons. The van der Waals surface area contributed by atoms with Gasteiger partial charge < -0.3 is 15.0 Å². The van der Waals surface area contributed by atoms with Gasteiger partial charge in [0.1, 0.15) is 35.8 Å². The number of aromatic nitrogens is 2. The molecule has 10 nitrogen and oxygen atoms in total. The van der Waals surface area contributed by atoms with E-state index < -0.39 is 40.5 Å². The Labute approximate surface area is 253 Å². The van der Waals surface area contributed by atoms with Crippen molar-refractivity contribution < 1.29 is 27.5 Å². The van der Waals surface area contributed by atoms with Crippen LogP contribution in [0.25, 0.3) is 0 Å². The number of halogens is 3. The molecule has 8 rings (SSSR count). The molecule has 3 amide bonds. The number of alkyl halides is 1. The van der Waals surface area contributed by atoms with Gasteiger partial charge in [-0.05, 0) is 69.8 Å². The van der Waals surface area contributed by atoms with Crippen LogP contribution < -0.4 is 20.3 Å². The van der Waals surface area contributed by atoms with Crippen molar-refractivity contribution >= 4 is 17.8 Å². The zero-order valence-electron chi connectivity index (χ0n) is 24.7. The maximum absolute atomic E-state index is 15.4. The molecule has 13 heteroatoms. The number of rotatable bonds is 4. The Balaban J connectivity index is 1.19. The van der Waals surface area contributed by atoms with Gasteiger partial charge in [0.2, 0.25) is 0 Å². The van der Waals surface area contributed by atoms with Gasteiger partial charge in [-0.3, -0.25) is 19.9 Å². The van der Waals surface area contributed by atoms with Crippen LogP contribution >= 0.6 is 0 Å². The molecule has 44 heavy (non-hydrogen) atoms. The summed E-state index contributed by atoms with van der Waals surface area (Å²) in [6.07, 6.45) is 3.77. The van der Waals surface area contributed by atoms with E-state index in [-0.39, 0.29) is 25.1 Å². The van der Waals surface area contributed by atoms with Gasteiger partial charge in [-0.1, -0.05) is 0 Å².